The van der Waals surface area contributed by atoms with Gasteiger partial charge < -0.3 is 24.8 Å². The first kappa shape index (κ1) is 22.3. The van der Waals surface area contributed by atoms with Crippen molar-refractivity contribution in [2.45, 2.75) is 19.6 Å². The Hall–Kier alpha value is -3.39. The number of rotatable bonds is 8. The van der Waals surface area contributed by atoms with Crippen LogP contribution < -0.4 is 20.1 Å². The molecule has 0 aliphatic carbocycles. The molecule has 0 fully saturated rings. The number of carbonyl (C=O) groups is 1. The number of allylic oxidation sites excluding steroid dienone is 1. The molecular weight excluding hydrogens is 419 g/mol. The van der Waals surface area contributed by atoms with E-state index < -0.39 is 12.0 Å². The van der Waals surface area contributed by atoms with Crippen LogP contribution in [0.3, 0.4) is 0 Å². The van der Waals surface area contributed by atoms with Gasteiger partial charge in [-0.2, -0.15) is 0 Å². The number of benzene rings is 2. The van der Waals surface area contributed by atoms with Gasteiger partial charge in [0, 0.05) is 5.70 Å². The molecule has 0 saturated heterocycles. The second-order valence-corrected chi connectivity index (χ2v) is 7.19. The Labute approximate surface area is 185 Å². The molecule has 0 bridgehead atoms. The maximum absolute atomic E-state index is 13.1. The van der Waals surface area contributed by atoms with Gasteiger partial charge in [0.2, 0.25) is 0 Å². The van der Waals surface area contributed by atoms with E-state index in [0.29, 0.717) is 27.9 Å². The van der Waals surface area contributed by atoms with Gasteiger partial charge in [0.1, 0.15) is 19.0 Å². The minimum Gasteiger partial charge on any atom is -0.493 e. The first-order valence-corrected chi connectivity index (χ1v) is 9.95. The first-order valence-electron chi connectivity index (χ1n) is 9.54. The molecule has 2 N–H and O–H groups in total. The lowest BCUT2D eigenvalue weighted by Crippen LogP contribution is -2.45. The van der Waals surface area contributed by atoms with Crippen molar-refractivity contribution in [1.29, 1.82) is 0 Å². The van der Waals surface area contributed by atoms with Crippen molar-refractivity contribution in [1.82, 2.24) is 10.6 Å². The first-order chi connectivity index (χ1) is 14.9. The minimum atomic E-state index is -0.522. The van der Waals surface area contributed by atoms with Crippen LogP contribution in [0.4, 0.5) is 4.39 Å². The lowest BCUT2D eigenvalue weighted by Gasteiger charge is -2.30. The maximum atomic E-state index is 13.1. The lowest BCUT2D eigenvalue weighted by molar-refractivity contribution is -0.138. The van der Waals surface area contributed by atoms with Crippen LogP contribution in [0.2, 0.25) is 0 Å². The van der Waals surface area contributed by atoms with Crippen LogP contribution in [0, 0.1) is 5.82 Å². The third-order valence-electron chi connectivity index (χ3n) is 4.65. The zero-order valence-corrected chi connectivity index (χ0v) is 18.1. The number of hydrogen-bond donors (Lipinski definition) is 2. The molecule has 0 unspecified atom stereocenters. The van der Waals surface area contributed by atoms with Crippen molar-refractivity contribution in [3.05, 3.63) is 83.3 Å². The lowest BCUT2D eigenvalue weighted by atomic mass is 9.95. The normalized spacial score (nSPS) is 15.6. The predicted molar refractivity (Wildman–Crippen MR) is 119 cm³/mol. The number of methoxy groups -OCH3 is 1. The van der Waals surface area contributed by atoms with Gasteiger partial charge in [0.05, 0.1) is 18.7 Å². The minimum absolute atomic E-state index is 0.103. The van der Waals surface area contributed by atoms with Crippen molar-refractivity contribution >= 4 is 23.3 Å². The number of ether oxygens (including phenoxy) is 3. The van der Waals surface area contributed by atoms with Gasteiger partial charge in [-0.1, -0.05) is 30.9 Å². The molecule has 0 spiro atoms. The smallest absolute Gasteiger partial charge is 0.338 e. The molecule has 2 aromatic rings. The quantitative estimate of drug-likeness (QED) is 0.365. The molecule has 3 rings (SSSR count). The molecule has 2 aromatic carbocycles. The molecule has 31 heavy (non-hydrogen) atoms. The summed E-state index contributed by atoms with van der Waals surface area (Å²) in [6, 6.07) is 10.9. The molecule has 0 aromatic heterocycles. The highest BCUT2D eigenvalue weighted by Crippen LogP contribution is 2.35. The summed E-state index contributed by atoms with van der Waals surface area (Å²) < 4.78 is 29.7. The van der Waals surface area contributed by atoms with E-state index >= 15 is 0 Å². The van der Waals surface area contributed by atoms with Crippen LogP contribution in [0.25, 0.3) is 0 Å². The van der Waals surface area contributed by atoms with Crippen LogP contribution >= 0.6 is 12.2 Å². The molecule has 8 heteroatoms. The Morgan fingerprint density at radius 3 is 2.65 bits per heavy atom. The van der Waals surface area contributed by atoms with Crippen LogP contribution in [0.15, 0.2) is 66.4 Å². The average Bonchev–Trinajstić information content (AvgIpc) is 2.76. The summed E-state index contributed by atoms with van der Waals surface area (Å²) in [4.78, 5) is 12.6. The molecule has 0 radical (unpaired) electrons. The van der Waals surface area contributed by atoms with Gasteiger partial charge in [0.15, 0.2) is 16.6 Å². The number of esters is 1. The molecular formula is C23H23FN2O4S. The number of halogens is 1. The Balaban J connectivity index is 1.86. The molecule has 1 atom stereocenters. The summed E-state index contributed by atoms with van der Waals surface area (Å²) in [5.74, 6) is 0.232. The fourth-order valence-corrected chi connectivity index (χ4v) is 3.42. The second-order valence-electron chi connectivity index (χ2n) is 6.78. The highest BCUT2D eigenvalue weighted by molar-refractivity contribution is 7.80. The van der Waals surface area contributed by atoms with Crippen LogP contribution in [-0.4, -0.2) is 24.8 Å². The van der Waals surface area contributed by atoms with Crippen molar-refractivity contribution in [3.8, 4) is 11.5 Å². The van der Waals surface area contributed by atoms with Crippen molar-refractivity contribution in [2.75, 3.05) is 13.7 Å². The number of thiocarbonyl (C=S) groups is 1. The van der Waals surface area contributed by atoms with Gasteiger partial charge >= 0.3 is 5.97 Å². The standard InChI is InChI=1S/C23H23FN2O4S/c1-4-11-29-22(27)20-14(2)25-23(31)26-21(20)16-7-10-18(19(12-16)28-3)30-13-15-5-8-17(24)9-6-15/h4-10,12,21H,1,11,13H2,2-3H3,(H2,25,26,31)/t21-/m1/s1. The Bertz CT molecular complexity index is 1020. The van der Waals surface area contributed by atoms with Crippen LogP contribution in [-0.2, 0) is 16.1 Å². The summed E-state index contributed by atoms with van der Waals surface area (Å²) in [5, 5.41) is 6.47. The van der Waals surface area contributed by atoms with Crippen LogP contribution in [0.5, 0.6) is 11.5 Å². The fraction of sp³-hybridized carbons (Fsp3) is 0.217. The third-order valence-corrected chi connectivity index (χ3v) is 4.87. The van der Waals surface area contributed by atoms with Gasteiger partial charge in [0.25, 0.3) is 0 Å². The van der Waals surface area contributed by atoms with E-state index in [-0.39, 0.29) is 19.0 Å². The zero-order chi connectivity index (χ0) is 22.4. The van der Waals surface area contributed by atoms with Crippen molar-refractivity contribution in [3.63, 3.8) is 0 Å². The largest absolute Gasteiger partial charge is 0.493 e. The van der Waals surface area contributed by atoms with Gasteiger partial charge in [-0.25, -0.2) is 9.18 Å². The molecule has 162 valence electrons. The topological polar surface area (TPSA) is 68.8 Å². The van der Waals surface area contributed by atoms with Crippen LogP contribution in [0.1, 0.15) is 24.1 Å². The van der Waals surface area contributed by atoms with E-state index in [1.807, 2.05) is 6.07 Å². The number of nitrogens with one attached hydrogen (secondary N) is 2. The number of hydrogen-bond acceptors (Lipinski definition) is 5. The SMILES string of the molecule is C=CCOC(=O)C1=C(C)NC(=S)N[C@@H]1c1ccc(OCc2ccc(F)cc2)c(OC)c1. The van der Waals surface area contributed by atoms with E-state index in [1.165, 1.54) is 25.3 Å². The van der Waals surface area contributed by atoms with E-state index in [2.05, 4.69) is 17.2 Å². The Morgan fingerprint density at radius 2 is 1.97 bits per heavy atom. The molecule has 1 heterocycles. The summed E-state index contributed by atoms with van der Waals surface area (Å²) in [6.45, 7) is 5.69. The molecule has 1 aliphatic rings. The summed E-state index contributed by atoms with van der Waals surface area (Å²) in [5.41, 5.74) is 2.60. The van der Waals surface area contributed by atoms with Gasteiger partial charge in [-0.15, -0.1) is 0 Å². The monoisotopic (exact) mass is 442 g/mol. The summed E-state index contributed by atoms with van der Waals surface area (Å²) >= 11 is 5.27. The molecule has 6 nitrogen and oxygen atoms in total. The highest BCUT2D eigenvalue weighted by Gasteiger charge is 2.31. The number of carbonyl (C=O) groups excluding carboxylic acids is 1. The average molecular weight is 443 g/mol. The van der Waals surface area contributed by atoms with E-state index in [0.717, 1.165) is 11.1 Å². The molecule has 1 aliphatic heterocycles. The van der Waals surface area contributed by atoms with E-state index in [4.69, 9.17) is 26.4 Å². The van der Waals surface area contributed by atoms with E-state index in [9.17, 15) is 9.18 Å². The molecule has 0 amide bonds. The predicted octanol–water partition coefficient (Wildman–Crippen LogP) is 3.94. The zero-order valence-electron chi connectivity index (χ0n) is 17.2. The van der Waals surface area contributed by atoms with E-state index in [1.54, 1.807) is 31.2 Å². The molecule has 0 saturated carbocycles. The van der Waals surface area contributed by atoms with Crippen molar-refractivity contribution < 1.29 is 23.4 Å². The second kappa shape index (κ2) is 10.1. The van der Waals surface area contributed by atoms with Gasteiger partial charge in [-0.3, -0.25) is 0 Å². The highest BCUT2D eigenvalue weighted by atomic mass is 32.1. The Morgan fingerprint density at radius 1 is 1.23 bits per heavy atom. The Kier molecular flexibility index (Phi) is 7.25. The summed E-state index contributed by atoms with van der Waals surface area (Å²) in [6.07, 6.45) is 1.51. The fourth-order valence-electron chi connectivity index (χ4n) is 3.15. The maximum Gasteiger partial charge on any atom is 0.338 e. The van der Waals surface area contributed by atoms with Gasteiger partial charge in [-0.05, 0) is 54.5 Å². The summed E-state index contributed by atoms with van der Waals surface area (Å²) in [7, 11) is 1.53. The van der Waals surface area contributed by atoms with Crippen molar-refractivity contribution in [2.24, 2.45) is 0 Å². The third kappa shape index (κ3) is 5.40.